The normalized spacial score (nSPS) is 16.6. The quantitative estimate of drug-likeness (QED) is 0.522. The van der Waals surface area contributed by atoms with Gasteiger partial charge in [0.2, 0.25) is 10.0 Å². The maximum Gasteiger partial charge on any atom is 0.261 e. The summed E-state index contributed by atoms with van der Waals surface area (Å²) in [5.41, 5.74) is 0.307. The second-order valence-corrected chi connectivity index (χ2v) is 11.2. The van der Waals surface area contributed by atoms with Crippen LogP contribution in [0.25, 0.3) is 0 Å². The summed E-state index contributed by atoms with van der Waals surface area (Å²) in [6.07, 6.45) is 1.78. The smallest absolute Gasteiger partial charge is 0.261 e. The van der Waals surface area contributed by atoms with Gasteiger partial charge in [-0.25, -0.2) is 16.8 Å². The lowest BCUT2D eigenvalue weighted by Crippen LogP contribution is -2.32. The van der Waals surface area contributed by atoms with E-state index in [-0.39, 0.29) is 27.1 Å². The number of ether oxygens (including phenoxy) is 1. The van der Waals surface area contributed by atoms with E-state index in [1.807, 2.05) is 0 Å². The van der Waals surface area contributed by atoms with Crippen LogP contribution < -0.4 is 10.0 Å². The molecule has 0 aromatic heterocycles. The lowest BCUT2D eigenvalue weighted by atomic mass is 10.1. The highest BCUT2D eigenvalue weighted by Crippen LogP contribution is 2.23. The molecule has 1 aliphatic rings. The first kappa shape index (κ1) is 25.2. The first-order chi connectivity index (χ1) is 15.7. The van der Waals surface area contributed by atoms with Crippen molar-refractivity contribution >= 4 is 31.6 Å². The third kappa shape index (κ3) is 5.91. The molecule has 1 unspecified atom stereocenters. The van der Waals surface area contributed by atoms with Crippen LogP contribution in [0.15, 0.2) is 58.3 Å². The molecular weight excluding hydrogens is 466 g/mol. The Hall–Kier alpha value is -2.47. The largest absolute Gasteiger partial charge is 0.376 e. The summed E-state index contributed by atoms with van der Waals surface area (Å²) in [7, 11) is -7.76. The van der Waals surface area contributed by atoms with Crippen LogP contribution in [0.4, 0.5) is 5.69 Å². The number of amides is 1. The number of rotatable bonds is 10. The van der Waals surface area contributed by atoms with Gasteiger partial charge in [-0.3, -0.25) is 9.52 Å². The van der Waals surface area contributed by atoms with Crippen LogP contribution in [0, 0.1) is 0 Å². The highest BCUT2D eigenvalue weighted by atomic mass is 32.2. The summed E-state index contributed by atoms with van der Waals surface area (Å²) in [5.74, 6) is -0.413. The molecule has 2 N–H and O–H groups in total. The Bertz CT molecular complexity index is 1170. The summed E-state index contributed by atoms with van der Waals surface area (Å²) in [6.45, 7) is 5.11. The monoisotopic (exact) mass is 495 g/mol. The molecule has 0 spiro atoms. The molecule has 2 aromatic rings. The number of benzene rings is 2. The van der Waals surface area contributed by atoms with Crippen molar-refractivity contribution in [1.82, 2.24) is 9.62 Å². The van der Waals surface area contributed by atoms with E-state index < -0.39 is 26.0 Å². The van der Waals surface area contributed by atoms with E-state index in [4.69, 9.17) is 4.74 Å². The standard InChI is InChI=1S/C22H29N3O6S2/c1-3-25(4-2)33(29,30)19-13-11-18(12-14-19)32(27,28)24-21-10-6-5-9-20(21)22(26)23-16-17-8-7-15-31-17/h5-6,9-14,17,24H,3-4,7-8,15-16H2,1-2H3,(H,23,26). The zero-order valence-corrected chi connectivity index (χ0v) is 20.3. The highest BCUT2D eigenvalue weighted by molar-refractivity contribution is 7.92. The molecule has 0 bridgehead atoms. The minimum Gasteiger partial charge on any atom is -0.376 e. The van der Waals surface area contributed by atoms with Crippen molar-refractivity contribution in [3.05, 3.63) is 54.1 Å². The number of carbonyl (C=O) groups excluding carboxylic acids is 1. The van der Waals surface area contributed by atoms with Crippen LogP contribution in [-0.2, 0) is 24.8 Å². The lowest BCUT2D eigenvalue weighted by molar-refractivity contribution is 0.0858. The van der Waals surface area contributed by atoms with Gasteiger partial charge in [0, 0.05) is 26.2 Å². The Morgan fingerprint density at radius 2 is 1.64 bits per heavy atom. The average Bonchev–Trinajstić information content (AvgIpc) is 3.32. The molecule has 180 valence electrons. The molecule has 33 heavy (non-hydrogen) atoms. The third-order valence-corrected chi connectivity index (χ3v) is 8.85. The fraction of sp³-hybridized carbons (Fsp3) is 0.409. The van der Waals surface area contributed by atoms with Crippen LogP contribution in [-0.4, -0.2) is 59.4 Å². The number of para-hydroxylation sites is 1. The molecule has 1 saturated heterocycles. The van der Waals surface area contributed by atoms with Gasteiger partial charge < -0.3 is 10.1 Å². The van der Waals surface area contributed by atoms with Gasteiger partial charge in [-0.2, -0.15) is 4.31 Å². The van der Waals surface area contributed by atoms with Crippen LogP contribution in [0.3, 0.4) is 0 Å². The third-order valence-electron chi connectivity index (χ3n) is 5.41. The Morgan fingerprint density at radius 1 is 1.00 bits per heavy atom. The molecule has 1 aliphatic heterocycles. The summed E-state index contributed by atoms with van der Waals surface area (Å²) >= 11 is 0. The molecule has 9 nitrogen and oxygen atoms in total. The van der Waals surface area contributed by atoms with Gasteiger partial charge in [-0.1, -0.05) is 26.0 Å². The van der Waals surface area contributed by atoms with E-state index in [0.29, 0.717) is 26.2 Å². The zero-order valence-electron chi connectivity index (χ0n) is 18.7. The first-order valence-corrected chi connectivity index (χ1v) is 13.7. The van der Waals surface area contributed by atoms with Crippen molar-refractivity contribution in [3.63, 3.8) is 0 Å². The first-order valence-electron chi connectivity index (χ1n) is 10.8. The van der Waals surface area contributed by atoms with Crippen molar-refractivity contribution < 1.29 is 26.4 Å². The van der Waals surface area contributed by atoms with E-state index in [9.17, 15) is 21.6 Å². The summed E-state index contributed by atoms with van der Waals surface area (Å²) in [5, 5.41) is 2.78. The van der Waals surface area contributed by atoms with Crippen molar-refractivity contribution in [2.24, 2.45) is 0 Å². The molecular formula is C22H29N3O6S2. The van der Waals surface area contributed by atoms with Gasteiger partial charge in [-0.05, 0) is 49.2 Å². The summed E-state index contributed by atoms with van der Waals surface area (Å²) in [6, 6.07) is 11.3. The molecule has 1 heterocycles. The van der Waals surface area contributed by atoms with E-state index >= 15 is 0 Å². The molecule has 1 amide bonds. The molecule has 0 saturated carbocycles. The minimum atomic E-state index is -4.06. The van der Waals surface area contributed by atoms with Gasteiger partial charge in [-0.15, -0.1) is 0 Å². The van der Waals surface area contributed by atoms with Crippen LogP contribution in [0.1, 0.15) is 37.0 Å². The predicted molar refractivity (Wildman–Crippen MR) is 125 cm³/mol. The second-order valence-electron chi connectivity index (χ2n) is 7.56. The Morgan fingerprint density at radius 3 is 2.24 bits per heavy atom. The van der Waals surface area contributed by atoms with Crippen LogP contribution in [0.5, 0.6) is 0 Å². The Balaban J connectivity index is 1.77. The van der Waals surface area contributed by atoms with Crippen LogP contribution in [0.2, 0.25) is 0 Å². The number of nitrogens with one attached hydrogen (secondary N) is 2. The number of hydrogen-bond acceptors (Lipinski definition) is 6. The maximum atomic E-state index is 12.9. The lowest BCUT2D eigenvalue weighted by Gasteiger charge is -2.18. The maximum absolute atomic E-state index is 12.9. The predicted octanol–water partition coefficient (Wildman–Crippen LogP) is 2.43. The molecule has 0 aliphatic carbocycles. The number of sulfonamides is 2. The molecule has 2 aromatic carbocycles. The molecule has 1 fully saturated rings. The SMILES string of the molecule is CCN(CC)S(=O)(=O)c1ccc(S(=O)(=O)Nc2ccccc2C(=O)NCC2CCCO2)cc1. The highest BCUT2D eigenvalue weighted by Gasteiger charge is 2.24. The zero-order chi connectivity index (χ0) is 24.1. The number of carbonyl (C=O) groups is 1. The summed E-state index contributed by atoms with van der Waals surface area (Å²) in [4.78, 5) is 12.5. The van der Waals surface area contributed by atoms with Gasteiger partial charge in [0.15, 0.2) is 0 Å². The van der Waals surface area contributed by atoms with E-state index in [0.717, 1.165) is 12.8 Å². The van der Waals surface area contributed by atoms with E-state index in [2.05, 4.69) is 10.0 Å². The molecule has 3 rings (SSSR count). The average molecular weight is 496 g/mol. The molecule has 1 atom stereocenters. The Labute approximate surface area is 195 Å². The topological polar surface area (TPSA) is 122 Å². The molecule has 0 radical (unpaired) electrons. The van der Waals surface area contributed by atoms with Crippen LogP contribution >= 0.6 is 0 Å². The Kier molecular flexibility index (Phi) is 8.11. The van der Waals surface area contributed by atoms with Crippen molar-refractivity contribution in [1.29, 1.82) is 0 Å². The number of hydrogen-bond donors (Lipinski definition) is 2. The second kappa shape index (κ2) is 10.6. The minimum absolute atomic E-state index is 0.0130. The van der Waals surface area contributed by atoms with Crippen molar-refractivity contribution in [3.8, 4) is 0 Å². The van der Waals surface area contributed by atoms with Crippen molar-refractivity contribution in [2.75, 3.05) is 31.0 Å². The number of nitrogens with zero attached hydrogens (tertiary/aromatic N) is 1. The molecule has 11 heteroatoms. The fourth-order valence-electron chi connectivity index (χ4n) is 3.58. The van der Waals surface area contributed by atoms with E-state index in [1.165, 1.54) is 40.7 Å². The van der Waals surface area contributed by atoms with Crippen molar-refractivity contribution in [2.45, 2.75) is 42.6 Å². The van der Waals surface area contributed by atoms with Gasteiger partial charge >= 0.3 is 0 Å². The number of anilines is 1. The van der Waals surface area contributed by atoms with Gasteiger partial charge in [0.05, 0.1) is 27.1 Å². The van der Waals surface area contributed by atoms with Gasteiger partial charge in [0.25, 0.3) is 15.9 Å². The van der Waals surface area contributed by atoms with Gasteiger partial charge in [0.1, 0.15) is 0 Å². The van der Waals surface area contributed by atoms with E-state index in [1.54, 1.807) is 26.0 Å². The summed E-state index contributed by atoms with van der Waals surface area (Å²) < 4.78 is 60.3. The fourth-order valence-corrected chi connectivity index (χ4v) is 6.12.